The Bertz CT molecular complexity index is 786. The van der Waals surface area contributed by atoms with Gasteiger partial charge < -0.3 is 10.2 Å². The van der Waals surface area contributed by atoms with Gasteiger partial charge in [-0.1, -0.05) is 31.0 Å². The summed E-state index contributed by atoms with van der Waals surface area (Å²) in [6.45, 7) is 0. The molecule has 0 unspecified atom stereocenters. The number of nitrogens with zero attached hydrogens (tertiary/aromatic N) is 1. The molecule has 1 N–H and O–H groups in total. The summed E-state index contributed by atoms with van der Waals surface area (Å²) in [7, 11) is 3.46. The maximum Gasteiger partial charge on any atom is 0.285 e. The number of carbonyl (C=O) groups excluding carboxylic acids is 2. The number of hydrogen-bond acceptors (Lipinski definition) is 4. The Labute approximate surface area is 169 Å². The van der Waals surface area contributed by atoms with Gasteiger partial charge in [-0.05, 0) is 61.0 Å². The van der Waals surface area contributed by atoms with Crippen LogP contribution in [0.15, 0.2) is 64.4 Å². The molecule has 2 aromatic rings. The van der Waals surface area contributed by atoms with E-state index in [1.807, 2.05) is 42.5 Å². The fourth-order valence-corrected chi connectivity index (χ4v) is 5.12. The summed E-state index contributed by atoms with van der Waals surface area (Å²) in [6, 6.07) is 17.6. The van der Waals surface area contributed by atoms with Crippen LogP contribution in [0.25, 0.3) is 0 Å². The van der Waals surface area contributed by atoms with Gasteiger partial charge in [-0.2, -0.15) is 0 Å². The molecule has 3 rings (SSSR count). The summed E-state index contributed by atoms with van der Waals surface area (Å²) >= 11 is 2.85. The van der Waals surface area contributed by atoms with Gasteiger partial charge in [0.05, 0.1) is 4.75 Å². The highest BCUT2D eigenvalue weighted by molar-refractivity contribution is 8.13. The Balaban J connectivity index is 1.68. The number of thioether (sulfide) groups is 2. The molecule has 0 atom stereocenters. The van der Waals surface area contributed by atoms with E-state index in [-0.39, 0.29) is 11.1 Å². The normalized spacial score (nSPS) is 15.3. The van der Waals surface area contributed by atoms with Crippen molar-refractivity contribution in [3.8, 4) is 0 Å². The number of benzene rings is 2. The van der Waals surface area contributed by atoms with Gasteiger partial charge in [0.25, 0.3) is 5.24 Å². The van der Waals surface area contributed by atoms with Crippen molar-refractivity contribution in [1.29, 1.82) is 0 Å². The zero-order valence-electron chi connectivity index (χ0n) is 15.6. The van der Waals surface area contributed by atoms with E-state index in [9.17, 15) is 9.59 Å². The number of amides is 2. The van der Waals surface area contributed by atoms with E-state index in [2.05, 4.69) is 17.4 Å². The average molecular weight is 401 g/mol. The first-order valence-corrected chi connectivity index (χ1v) is 10.7. The average Bonchev–Trinajstić information content (AvgIpc) is 3.14. The fourth-order valence-electron chi connectivity index (χ4n) is 3.08. The molecular weight excluding hydrogens is 376 g/mol. The van der Waals surface area contributed by atoms with Crippen LogP contribution in [0.1, 0.15) is 25.7 Å². The lowest BCUT2D eigenvalue weighted by atomic mass is 10.1. The van der Waals surface area contributed by atoms with Crippen LogP contribution in [0.2, 0.25) is 0 Å². The number of carbonyl (C=O) groups is 2. The second kappa shape index (κ2) is 8.85. The van der Waals surface area contributed by atoms with Crippen molar-refractivity contribution in [1.82, 2.24) is 4.90 Å². The molecule has 1 saturated carbocycles. The lowest BCUT2D eigenvalue weighted by Crippen LogP contribution is -2.37. The standard InChI is InChI=1S/C21H24N2O2S2/c1-23(2)20(25)26-17-12-10-16(11-13-17)22-19(24)21(14-6-7-15-21)27-18-8-4-3-5-9-18/h3-5,8-13H,6-7,14-15H2,1-2H3,(H,22,24). The third-order valence-corrected chi connectivity index (χ3v) is 7.10. The van der Waals surface area contributed by atoms with Gasteiger partial charge in [-0.15, -0.1) is 11.8 Å². The van der Waals surface area contributed by atoms with Crippen LogP contribution in [-0.2, 0) is 4.79 Å². The predicted octanol–water partition coefficient (Wildman–Crippen LogP) is 5.50. The molecule has 0 bridgehead atoms. The maximum absolute atomic E-state index is 13.1. The third-order valence-electron chi connectivity index (χ3n) is 4.56. The minimum Gasteiger partial charge on any atom is -0.339 e. The molecule has 27 heavy (non-hydrogen) atoms. The van der Waals surface area contributed by atoms with E-state index in [0.717, 1.165) is 41.2 Å². The molecule has 0 aliphatic heterocycles. The summed E-state index contributed by atoms with van der Waals surface area (Å²) < 4.78 is -0.407. The highest BCUT2D eigenvalue weighted by Crippen LogP contribution is 2.46. The Morgan fingerprint density at radius 3 is 2.15 bits per heavy atom. The van der Waals surface area contributed by atoms with Crippen molar-refractivity contribution >= 4 is 40.4 Å². The Kier molecular flexibility index (Phi) is 6.50. The summed E-state index contributed by atoms with van der Waals surface area (Å²) in [5, 5.41) is 3.07. The number of rotatable bonds is 5. The first-order chi connectivity index (χ1) is 13.0. The largest absolute Gasteiger partial charge is 0.339 e. The maximum atomic E-state index is 13.1. The second-order valence-electron chi connectivity index (χ2n) is 6.86. The zero-order valence-corrected chi connectivity index (χ0v) is 17.2. The van der Waals surface area contributed by atoms with Gasteiger partial charge in [0.2, 0.25) is 5.91 Å². The summed E-state index contributed by atoms with van der Waals surface area (Å²) in [4.78, 5) is 28.4. The van der Waals surface area contributed by atoms with Gasteiger partial charge in [0, 0.05) is 29.6 Å². The van der Waals surface area contributed by atoms with E-state index in [1.54, 1.807) is 30.8 Å². The van der Waals surface area contributed by atoms with Crippen LogP contribution < -0.4 is 5.32 Å². The number of anilines is 1. The summed E-state index contributed by atoms with van der Waals surface area (Å²) in [5.41, 5.74) is 0.765. The van der Waals surface area contributed by atoms with Crippen molar-refractivity contribution in [2.75, 3.05) is 19.4 Å². The van der Waals surface area contributed by atoms with Gasteiger partial charge in [-0.25, -0.2) is 0 Å². The molecule has 0 aromatic heterocycles. The molecule has 0 spiro atoms. The zero-order chi connectivity index (χ0) is 19.3. The molecule has 1 aliphatic rings. The van der Waals surface area contributed by atoms with Gasteiger partial charge in [-0.3, -0.25) is 9.59 Å². The summed E-state index contributed by atoms with van der Waals surface area (Å²) in [6.07, 6.45) is 3.94. The highest BCUT2D eigenvalue weighted by atomic mass is 32.2. The van der Waals surface area contributed by atoms with Crippen molar-refractivity contribution in [2.45, 2.75) is 40.2 Å². The van der Waals surface area contributed by atoms with Crippen LogP contribution in [-0.4, -0.2) is 34.9 Å². The SMILES string of the molecule is CN(C)C(=O)Sc1ccc(NC(=O)C2(Sc3ccccc3)CCCC2)cc1. The van der Waals surface area contributed by atoms with E-state index in [4.69, 9.17) is 0 Å². The molecule has 2 aromatic carbocycles. The van der Waals surface area contributed by atoms with Crippen molar-refractivity contribution in [2.24, 2.45) is 0 Å². The van der Waals surface area contributed by atoms with E-state index >= 15 is 0 Å². The van der Waals surface area contributed by atoms with Gasteiger partial charge >= 0.3 is 0 Å². The van der Waals surface area contributed by atoms with E-state index in [1.165, 1.54) is 11.8 Å². The molecule has 0 heterocycles. The van der Waals surface area contributed by atoms with Gasteiger partial charge in [0.15, 0.2) is 0 Å². The smallest absolute Gasteiger partial charge is 0.285 e. The Morgan fingerprint density at radius 2 is 1.56 bits per heavy atom. The lowest BCUT2D eigenvalue weighted by Gasteiger charge is -2.27. The minimum absolute atomic E-state index is 0.0176. The van der Waals surface area contributed by atoms with Crippen LogP contribution in [0.3, 0.4) is 0 Å². The molecule has 4 nitrogen and oxygen atoms in total. The first-order valence-electron chi connectivity index (χ1n) is 9.03. The van der Waals surface area contributed by atoms with Crippen molar-refractivity contribution in [3.05, 3.63) is 54.6 Å². The monoisotopic (exact) mass is 400 g/mol. The molecule has 142 valence electrons. The van der Waals surface area contributed by atoms with Gasteiger partial charge in [0.1, 0.15) is 0 Å². The molecule has 2 amide bonds. The van der Waals surface area contributed by atoms with Crippen LogP contribution in [0, 0.1) is 0 Å². The first kappa shape index (κ1) is 19.8. The molecular formula is C21H24N2O2S2. The van der Waals surface area contributed by atoms with Crippen LogP contribution >= 0.6 is 23.5 Å². The molecule has 1 fully saturated rings. The topological polar surface area (TPSA) is 49.4 Å². The quantitative estimate of drug-likeness (QED) is 0.673. The number of hydrogen-bond donors (Lipinski definition) is 1. The molecule has 1 aliphatic carbocycles. The fraction of sp³-hybridized carbons (Fsp3) is 0.333. The summed E-state index contributed by atoms with van der Waals surface area (Å²) in [5.74, 6) is 0.0682. The molecule has 0 saturated heterocycles. The minimum atomic E-state index is -0.407. The van der Waals surface area contributed by atoms with E-state index < -0.39 is 4.75 Å². The Hall–Kier alpha value is -1.92. The number of nitrogens with one attached hydrogen (secondary N) is 1. The van der Waals surface area contributed by atoms with Crippen molar-refractivity contribution < 1.29 is 9.59 Å². The van der Waals surface area contributed by atoms with Crippen LogP contribution in [0.5, 0.6) is 0 Å². The van der Waals surface area contributed by atoms with Crippen LogP contribution in [0.4, 0.5) is 10.5 Å². The molecule has 6 heteroatoms. The lowest BCUT2D eigenvalue weighted by molar-refractivity contribution is -0.118. The van der Waals surface area contributed by atoms with Crippen molar-refractivity contribution in [3.63, 3.8) is 0 Å². The Morgan fingerprint density at radius 1 is 0.926 bits per heavy atom. The molecule has 0 radical (unpaired) electrons. The van der Waals surface area contributed by atoms with E-state index in [0.29, 0.717) is 0 Å². The highest BCUT2D eigenvalue weighted by Gasteiger charge is 2.42. The third kappa shape index (κ3) is 5.08. The predicted molar refractivity (Wildman–Crippen MR) is 114 cm³/mol. The second-order valence-corrected chi connectivity index (χ2v) is 9.34.